The lowest BCUT2D eigenvalue weighted by molar-refractivity contribution is -0.141. The van der Waals surface area contributed by atoms with Crippen LogP contribution in [0, 0.1) is 25.7 Å². The van der Waals surface area contributed by atoms with Gasteiger partial charge < -0.3 is 41.3 Å². The summed E-state index contributed by atoms with van der Waals surface area (Å²) in [5.74, 6) is -1.99. The molecule has 2 unspecified atom stereocenters. The maximum atomic E-state index is 14.4. The number of β-amino-alcohol motifs (C(OH)–C–C–N with tert-alkyl or cyclic N) is 2. The van der Waals surface area contributed by atoms with E-state index in [4.69, 9.17) is 0 Å². The Bertz CT molecular complexity index is 2250. The van der Waals surface area contributed by atoms with Crippen molar-refractivity contribution in [2.45, 2.75) is 130 Å². The molecule has 2 aromatic heterocycles. The normalized spacial score (nSPS) is 18.8. The molecule has 0 spiro atoms. The van der Waals surface area contributed by atoms with E-state index in [-0.39, 0.29) is 87.0 Å². The summed E-state index contributed by atoms with van der Waals surface area (Å²) in [6, 6.07) is 11.5. The smallest absolute Gasteiger partial charge is 0.246 e. The zero-order valence-electron chi connectivity index (χ0n) is 40.6. The molecule has 2 aliphatic heterocycles. The van der Waals surface area contributed by atoms with E-state index in [0.29, 0.717) is 12.8 Å². The topological polar surface area (TPSA) is 223 Å². The highest BCUT2D eigenvalue weighted by Crippen LogP contribution is 2.30. The predicted molar refractivity (Wildman–Crippen MR) is 277 cm³/mol. The summed E-state index contributed by atoms with van der Waals surface area (Å²) in [6.07, 6.45) is -0.286. The van der Waals surface area contributed by atoms with Crippen LogP contribution in [0.4, 0.5) is 0 Å². The van der Waals surface area contributed by atoms with Crippen LogP contribution in [-0.4, -0.2) is 126 Å². The highest BCUT2D eigenvalue weighted by molar-refractivity contribution is 8.76. The van der Waals surface area contributed by atoms with Gasteiger partial charge in [0.2, 0.25) is 35.4 Å². The van der Waals surface area contributed by atoms with Crippen molar-refractivity contribution < 1.29 is 39.0 Å². The molecule has 2 saturated heterocycles. The molecule has 4 aromatic rings. The quantitative estimate of drug-likeness (QED) is 0.0393. The number of aliphatic hydroxyl groups excluding tert-OH is 2. The second-order valence-electron chi connectivity index (χ2n) is 18.8. The van der Waals surface area contributed by atoms with Gasteiger partial charge in [0, 0.05) is 63.4 Å². The summed E-state index contributed by atoms with van der Waals surface area (Å²) >= 11 is 3.11. The monoisotopic (exact) mass is 1030 g/mol. The summed E-state index contributed by atoms with van der Waals surface area (Å²) in [5.41, 5.74) is 9.23. The van der Waals surface area contributed by atoms with Crippen LogP contribution in [0.5, 0.6) is 0 Å². The minimum Gasteiger partial charge on any atom is -0.391 e. The largest absolute Gasteiger partial charge is 0.391 e. The van der Waals surface area contributed by atoms with Crippen molar-refractivity contribution in [3.05, 3.63) is 82.1 Å². The third kappa shape index (κ3) is 15.3. The fourth-order valence-electron chi connectivity index (χ4n) is 8.29. The highest BCUT2D eigenvalue weighted by atomic mass is 33.1. The maximum absolute atomic E-state index is 14.4. The van der Waals surface area contributed by atoms with Gasteiger partial charge in [-0.2, -0.15) is 0 Å². The Balaban J connectivity index is 1.10. The van der Waals surface area contributed by atoms with Crippen LogP contribution in [0.1, 0.15) is 88.7 Å². The molecule has 378 valence electrons. The molecule has 0 bridgehead atoms. The van der Waals surface area contributed by atoms with Crippen molar-refractivity contribution in [1.29, 1.82) is 0 Å². The van der Waals surface area contributed by atoms with Gasteiger partial charge in [0.25, 0.3) is 0 Å². The molecule has 6 amide bonds. The molecule has 6 N–H and O–H groups in total. The third-order valence-electron chi connectivity index (χ3n) is 12.3. The highest BCUT2D eigenvalue weighted by Gasteiger charge is 2.43. The van der Waals surface area contributed by atoms with Crippen molar-refractivity contribution in [1.82, 2.24) is 41.0 Å². The molecule has 4 heterocycles. The Hall–Kier alpha value is -4.86. The Morgan fingerprint density at radius 2 is 1.00 bits per heavy atom. The molecule has 6 rings (SSSR count). The summed E-state index contributed by atoms with van der Waals surface area (Å²) in [5, 5.41) is 33.1. The fraction of sp³-hybridized carbons (Fsp3) is 0.520. The van der Waals surface area contributed by atoms with Crippen LogP contribution in [0.2, 0.25) is 0 Å². The first-order valence-electron chi connectivity index (χ1n) is 23.8. The number of carbonyl (C=O) groups is 6. The van der Waals surface area contributed by atoms with Gasteiger partial charge in [-0.05, 0) is 60.8 Å². The number of hydrogen-bond acceptors (Lipinski definition) is 14. The van der Waals surface area contributed by atoms with Crippen molar-refractivity contribution in [3.63, 3.8) is 0 Å². The predicted octanol–water partition coefficient (Wildman–Crippen LogP) is 5.63. The number of aliphatic hydroxyl groups is 2. The van der Waals surface area contributed by atoms with Crippen molar-refractivity contribution in [2.24, 2.45) is 11.8 Å². The zero-order chi connectivity index (χ0) is 50.5. The second-order valence-corrected chi connectivity index (χ2v) is 23.1. The Labute approximate surface area is 426 Å². The number of aryl methyl sites for hydroxylation is 2. The van der Waals surface area contributed by atoms with E-state index < -0.39 is 60.0 Å². The van der Waals surface area contributed by atoms with E-state index >= 15 is 0 Å². The first-order chi connectivity index (χ1) is 33.5. The van der Waals surface area contributed by atoms with Crippen molar-refractivity contribution in [2.75, 3.05) is 24.6 Å². The van der Waals surface area contributed by atoms with Gasteiger partial charge in [0.15, 0.2) is 0 Å². The van der Waals surface area contributed by atoms with E-state index in [1.54, 1.807) is 33.7 Å². The Morgan fingerprint density at radius 3 is 1.33 bits per heavy atom. The van der Waals surface area contributed by atoms with Crippen LogP contribution in [0.3, 0.4) is 0 Å². The first kappa shape index (κ1) is 54.5. The molecule has 0 saturated carbocycles. The van der Waals surface area contributed by atoms with Gasteiger partial charge in [-0.3, -0.25) is 28.8 Å². The lowest BCUT2D eigenvalue weighted by Gasteiger charge is -2.29. The lowest BCUT2D eigenvalue weighted by Crippen LogP contribution is -2.54. The van der Waals surface area contributed by atoms with Crippen LogP contribution >= 0.6 is 44.3 Å². The summed E-state index contributed by atoms with van der Waals surface area (Å²) in [7, 11) is 2.43. The van der Waals surface area contributed by atoms with Gasteiger partial charge in [-0.25, -0.2) is 9.97 Å². The molecule has 16 nitrogen and oxygen atoms in total. The van der Waals surface area contributed by atoms with Gasteiger partial charge in [0.1, 0.15) is 24.2 Å². The molecule has 2 fully saturated rings. The van der Waals surface area contributed by atoms with E-state index in [2.05, 4.69) is 31.2 Å². The van der Waals surface area contributed by atoms with Gasteiger partial charge in [0.05, 0.1) is 44.4 Å². The SMILES string of the molecule is Cc1ncsc1-c1ccc(CNC(=O)[C@H]2C[C@H](O)CN2C(=O)C(CSSCC(NC(=O)CCC(C)C)C(=O)N2C[C@H](O)C[C@H]2C(=O)NCc2ccc(-c3scnc3C)cc2)NC(=O)CCC(C)C)cc1. The van der Waals surface area contributed by atoms with Crippen molar-refractivity contribution >= 4 is 79.7 Å². The number of benzene rings is 2. The van der Waals surface area contributed by atoms with Crippen molar-refractivity contribution in [3.8, 4) is 20.9 Å². The molecule has 2 aromatic carbocycles. The number of nitrogens with one attached hydrogen (secondary N) is 4. The third-order valence-corrected chi connectivity index (χ3v) is 16.7. The number of rotatable bonds is 23. The van der Waals surface area contributed by atoms with Crippen LogP contribution < -0.4 is 21.3 Å². The summed E-state index contributed by atoms with van der Waals surface area (Å²) in [6.45, 7) is 12.1. The molecular formula is C50H66N8O8S4. The average Bonchev–Trinajstić information content (AvgIpc) is 4.16. The number of hydrogen-bond donors (Lipinski definition) is 6. The number of nitrogens with zero attached hydrogens (tertiary/aromatic N) is 4. The molecule has 70 heavy (non-hydrogen) atoms. The van der Waals surface area contributed by atoms with Gasteiger partial charge in [-0.15, -0.1) is 22.7 Å². The molecule has 0 radical (unpaired) electrons. The Kier molecular flexibility index (Phi) is 20.2. The van der Waals surface area contributed by atoms with E-state index in [0.717, 1.165) is 43.4 Å². The molecule has 2 aliphatic rings. The van der Waals surface area contributed by atoms with E-state index in [1.807, 2.05) is 90.1 Å². The number of aromatic nitrogens is 2. The molecule has 0 aliphatic carbocycles. The fourth-order valence-corrected chi connectivity index (χ4v) is 12.2. The minimum atomic E-state index is -1.08. The van der Waals surface area contributed by atoms with E-state index in [1.165, 1.54) is 31.4 Å². The molecule has 20 heteroatoms. The van der Waals surface area contributed by atoms with Gasteiger partial charge >= 0.3 is 0 Å². The van der Waals surface area contributed by atoms with Crippen LogP contribution in [0.15, 0.2) is 59.6 Å². The van der Waals surface area contributed by atoms with Crippen LogP contribution in [0.25, 0.3) is 20.9 Å². The van der Waals surface area contributed by atoms with Crippen LogP contribution in [-0.2, 0) is 41.9 Å². The van der Waals surface area contributed by atoms with Gasteiger partial charge in [-0.1, -0.05) is 97.8 Å². The second kappa shape index (κ2) is 26.0. The Morgan fingerprint density at radius 1 is 0.629 bits per heavy atom. The molecule has 6 atom stereocenters. The summed E-state index contributed by atoms with van der Waals surface area (Å²) < 4.78 is 0. The number of thiazole rings is 2. The van der Waals surface area contributed by atoms with E-state index in [9.17, 15) is 39.0 Å². The summed E-state index contributed by atoms with van der Waals surface area (Å²) in [4.78, 5) is 96.1. The average molecular weight is 1040 g/mol. The number of likely N-dealkylation sites (tertiary alicyclic amines) is 2. The molecular weight excluding hydrogens is 969 g/mol. The standard InChI is InChI=1S/C50H66N8O8S4/c1-29(2)7-17-43(61)55-39(49(65)57-23-37(59)19-41(57)47(63)51-21-33-9-13-35(14-10-33)45-31(5)53-27-67-45)25-69-70-26-40(56-44(62)18-8-30(3)4)50(66)58-24-38(60)20-42(58)48(64)52-22-34-11-15-36(16-12-34)46-32(6)54-28-68-46/h9-16,27-30,37-42,59-60H,7-8,17-26H2,1-6H3,(H,51,63)(H,52,64)(H,55,61)(H,56,62)/t37-,38+,39?,40?,41+,42-. The minimum absolute atomic E-state index is 0.0303. The number of amides is 6. The zero-order valence-corrected chi connectivity index (χ0v) is 43.9. The number of carbonyl (C=O) groups excluding carboxylic acids is 6. The maximum Gasteiger partial charge on any atom is 0.246 e. The first-order valence-corrected chi connectivity index (χ1v) is 28.1. The lowest BCUT2D eigenvalue weighted by atomic mass is 10.1.